The summed E-state index contributed by atoms with van der Waals surface area (Å²) in [5, 5.41) is 3.06. The Kier molecular flexibility index (Phi) is 4.41. The van der Waals surface area contributed by atoms with Gasteiger partial charge in [-0.15, -0.1) is 12.4 Å². The number of carbonyl (C=O) groups is 1. The second kappa shape index (κ2) is 5.17. The normalized spacial score (nSPS) is 38.3. The highest BCUT2D eigenvalue weighted by Gasteiger charge is 2.35. The first-order valence-electron chi connectivity index (χ1n) is 5.71. The highest BCUT2D eigenvalue weighted by atomic mass is 35.5. The third kappa shape index (κ3) is 3.35. The zero-order valence-corrected chi connectivity index (χ0v) is 10.1. The molecule has 0 spiro atoms. The second-order valence-corrected chi connectivity index (χ2v) is 4.95. The molecule has 2 fully saturated rings. The van der Waals surface area contributed by atoms with Gasteiger partial charge in [-0.05, 0) is 31.1 Å². The topological polar surface area (TPSA) is 55.1 Å². The number of amides is 1. The highest BCUT2D eigenvalue weighted by Crippen LogP contribution is 2.30. The van der Waals surface area contributed by atoms with Crippen LogP contribution in [0.2, 0.25) is 0 Å². The van der Waals surface area contributed by atoms with Crippen molar-refractivity contribution in [3.8, 4) is 0 Å². The Hall–Kier alpha value is -0.280. The van der Waals surface area contributed by atoms with Gasteiger partial charge in [0.05, 0.1) is 0 Å². The van der Waals surface area contributed by atoms with Crippen LogP contribution in [0, 0.1) is 11.8 Å². The van der Waals surface area contributed by atoms with E-state index in [0.29, 0.717) is 24.3 Å². The first-order chi connectivity index (χ1) is 6.66. The standard InChI is InChI=1S/C11H20N2O.ClH/c1-7-5-10(7)13-11(14)6-8-3-2-4-9(8)12;/h7-10H,2-6,12H2,1H3,(H,13,14);1H/t7?,8-,9+,10?;/m0./s1. The molecule has 0 bridgehead atoms. The summed E-state index contributed by atoms with van der Waals surface area (Å²) in [7, 11) is 0. The summed E-state index contributed by atoms with van der Waals surface area (Å²) in [4.78, 5) is 11.6. The third-order valence-electron chi connectivity index (χ3n) is 3.62. The zero-order valence-electron chi connectivity index (χ0n) is 9.24. The quantitative estimate of drug-likeness (QED) is 0.774. The lowest BCUT2D eigenvalue weighted by Crippen LogP contribution is -2.33. The van der Waals surface area contributed by atoms with Gasteiger partial charge >= 0.3 is 0 Å². The van der Waals surface area contributed by atoms with Gasteiger partial charge in [0, 0.05) is 18.5 Å². The van der Waals surface area contributed by atoms with E-state index in [2.05, 4.69) is 12.2 Å². The van der Waals surface area contributed by atoms with Crippen molar-refractivity contribution in [1.82, 2.24) is 5.32 Å². The summed E-state index contributed by atoms with van der Waals surface area (Å²) >= 11 is 0. The Labute approximate surface area is 97.6 Å². The van der Waals surface area contributed by atoms with E-state index in [1.54, 1.807) is 0 Å². The van der Waals surface area contributed by atoms with Crippen LogP contribution in [-0.2, 0) is 4.79 Å². The Balaban J connectivity index is 0.00000112. The van der Waals surface area contributed by atoms with E-state index in [1.165, 1.54) is 6.42 Å². The molecular formula is C11H21ClN2O. The number of nitrogens with one attached hydrogen (secondary N) is 1. The molecule has 4 atom stereocenters. The lowest BCUT2D eigenvalue weighted by Gasteiger charge is -2.14. The van der Waals surface area contributed by atoms with Crippen LogP contribution in [0.3, 0.4) is 0 Å². The number of carbonyl (C=O) groups excluding carboxylic acids is 1. The average Bonchev–Trinajstić information content (AvgIpc) is 2.63. The van der Waals surface area contributed by atoms with Crippen molar-refractivity contribution in [2.75, 3.05) is 0 Å². The fourth-order valence-corrected chi connectivity index (χ4v) is 2.35. The molecule has 2 aliphatic carbocycles. The van der Waals surface area contributed by atoms with E-state index in [0.717, 1.165) is 19.3 Å². The fraction of sp³-hybridized carbons (Fsp3) is 0.909. The van der Waals surface area contributed by atoms with Crippen molar-refractivity contribution in [2.24, 2.45) is 17.6 Å². The summed E-state index contributed by atoms with van der Waals surface area (Å²) in [5.41, 5.74) is 5.92. The molecule has 0 saturated heterocycles. The van der Waals surface area contributed by atoms with Crippen LogP contribution in [0.4, 0.5) is 0 Å². The van der Waals surface area contributed by atoms with Gasteiger partial charge in [0.2, 0.25) is 5.91 Å². The minimum atomic E-state index is 0. The number of hydrogen-bond donors (Lipinski definition) is 2. The molecule has 4 heteroatoms. The molecule has 0 aromatic carbocycles. The highest BCUT2D eigenvalue weighted by molar-refractivity contribution is 5.85. The Morgan fingerprint density at radius 2 is 2.13 bits per heavy atom. The van der Waals surface area contributed by atoms with Gasteiger partial charge in [-0.2, -0.15) is 0 Å². The smallest absolute Gasteiger partial charge is 0.220 e. The number of hydrogen-bond acceptors (Lipinski definition) is 2. The van der Waals surface area contributed by atoms with E-state index in [9.17, 15) is 4.79 Å². The Bertz CT molecular complexity index is 235. The first kappa shape index (κ1) is 12.8. The van der Waals surface area contributed by atoms with E-state index in [1.807, 2.05) is 0 Å². The summed E-state index contributed by atoms with van der Waals surface area (Å²) in [6.07, 6.45) is 5.22. The van der Waals surface area contributed by atoms with Crippen molar-refractivity contribution in [3.63, 3.8) is 0 Å². The molecule has 0 radical (unpaired) electrons. The maximum absolute atomic E-state index is 11.6. The van der Waals surface area contributed by atoms with E-state index in [-0.39, 0.29) is 24.4 Å². The lowest BCUT2D eigenvalue weighted by molar-refractivity contribution is -0.122. The summed E-state index contributed by atoms with van der Waals surface area (Å²) in [6.45, 7) is 2.17. The van der Waals surface area contributed by atoms with Gasteiger partial charge in [0.15, 0.2) is 0 Å². The number of nitrogens with two attached hydrogens (primary N) is 1. The average molecular weight is 233 g/mol. The van der Waals surface area contributed by atoms with E-state index >= 15 is 0 Å². The van der Waals surface area contributed by atoms with Gasteiger partial charge < -0.3 is 11.1 Å². The van der Waals surface area contributed by atoms with Crippen LogP contribution < -0.4 is 11.1 Å². The van der Waals surface area contributed by atoms with Gasteiger partial charge in [0.1, 0.15) is 0 Å². The maximum atomic E-state index is 11.6. The number of rotatable bonds is 3. The van der Waals surface area contributed by atoms with Crippen molar-refractivity contribution < 1.29 is 4.79 Å². The number of halogens is 1. The van der Waals surface area contributed by atoms with Crippen LogP contribution in [0.5, 0.6) is 0 Å². The molecule has 0 aromatic heterocycles. The van der Waals surface area contributed by atoms with Crippen LogP contribution in [0.25, 0.3) is 0 Å². The molecule has 0 heterocycles. The molecule has 15 heavy (non-hydrogen) atoms. The largest absolute Gasteiger partial charge is 0.353 e. The van der Waals surface area contributed by atoms with Crippen LogP contribution in [0.1, 0.15) is 39.0 Å². The van der Waals surface area contributed by atoms with Gasteiger partial charge in [-0.25, -0.2) is 0 Å². The van der Waals surface area contributed by atoms with E-state index < -0.39 is 0 Å². The predicted octanol–water partition coefficient (Wildman–Crippen LogP) is 1.45. The second-order valence-electron chi connectivity index (χ2n) is 4.95. The zero-order chi connectivity index (χ0) is 10.1. The Morgan fingerprint density at radius 1 is 1.47 bits per heavy atom. The van der Waals surface area contributed by atoms with Crippen LogP contribution >= 0.6 is 12.4 Å². The molecule has 2 rings (SSSR count). The molecule has 2 unspecified atom stereocenters. The molecule has 1 amide bonds. The molecule has 2 saturated carbocycles. The summed E-state index contributed by atoms with van der Waals surface area (Å²) in [6, 6.07) is 0.720. The fourth-order valence-electron chi connectivity index (χ4n) is 2.35. The van der Waals surface area contributed by atoms with Gasteiger partial charge in [-0.1, -0.05) is 13.3 Å². The minimum absolute atomic E-state index is 0. The SMILES string of the molecule is CC1CC1NC(=O)C[C@@H]1CCC[C@H]1N.Cl. The van der Waals surface area contributed by atoms with Gasteiger partial charge in [0.25, 0.3) is 0 Å². The van der Waals surface area contributed by atoms with Crippen molar-refractivity contribution in [1.29, 1.82) is 0 Å². The molecule has 0 aromatic rings. The van der Waals surface area contributed by atoms with Gasteiger partial charge in [-0.3, -0.25) is 4.79 Å². The van der Waals surface area contributed by atoms with Crippen LogP contribution in [-0.4, -0.2) is 18.0 Å². The van der Waals surface area contributed by atoms with Crippen molar-refractivity contribution in [3.05, 3.63) is 0 Å². The Morgan fingerprint density at radius 3 is 2.60 bits per heavy atom. The molecular weight excluding hydrogens is 212 g/mol. The molecule has 88 valence electrons. The van der Waals surface area contributed by atoms with Crippen LogP contribution in [0.15, 0.2) is 0 Å². The lowest BCUT2D eigenvalue weighted by atomic mass is 10.00. The molecule has 3 nitrogen and oxygen atoms in total. The third-order valence-corrected chi connectivity index (χ3v) is 3.62. The molecule has 3 N–H and O–H groups in total. The van der Waals surface area contributed by atoms with Crippen molar-refractivity contribution in [2.45, 2.75) is 51.1 Å². The molecule has 2 aliphatic rings. The minimum Gasteiger partial charge on any atom is -0.353 e. The summed E-state index contributed by atoms with van der Waals surface area (Å²) in [5.74, 6) is 1.34. The monoisotopic (exact) mass is 232 g/mol. The summed E-state index contributed by atoms with van der Waals surface area (Å²) < 4.78 is 0. The molecule has 0 aliphatic heterocycles. The van der Waals surface area contributed by atoms with E-state index in [4.69, 9.17) is 5.73 Å². The maximum Gasteiger partial charge on any atom is 0.220 e. The first-order valence-corrected chi connectivity index (χ1v) is 5.71. The predicted molar refractivity (Wildman–Crippen MR) is 62.9 cm³/mol. The van der Waals surface area contributed by atoms with Crippen molar-refractivity contribution >= 4 is 18.3 Å².